The van der Waals surface area contributed by atoms with Crippen LogP contribution in [0.2, 0.25) is 0 Å². The van der Waals surface area contributed by atoms with Gasteiger partial charge < -0.3 is 19.7 Å². The van der Waals surface area contributed by atoms with E-state index in [9.17, 15) is 4.79 Å². The minimum absolute atomic E-state index is 0.00961. The molecule has 33 heavy (non-hydrogen) atoms. The predicted octanol–water partition coefficient (Wildman–Crippen LogP) is 4.53. The van der Waals surface area contributed by atoms with E-state index >= 15 is 0 Å². The number of nitrogens with one attached hydrogen (secondary N) is 1. The van der Waals surface area contributed by atoms with Crippen LogP contribution in [-0.4, -0.2) is 47.1 Å². The Morgan fingerprint density at radius 3 is 2.76 bits per heavy atom. The number of benzene rings is 2. The molecule has 7 heteroatoms. The fraction of sp³-hybridized carbons (Fsp3) is 0.346. The van der Waals surface area contributed by atoms with Crippen LogP contribution in [0.3, 0.4) is 0 Å². The molecule has 1 saturated heterocycles. The van der Waals surface area contributed by atoms with Crippen molar-refractivity contribution in [2.75, 3.05) is 25.5 Å². The van der Waals surface area contributed by atoms with Crippen molar-refractivity contribution >= 4 is 28.3 Å². The normalized spacial score (nSPS) is 14.0. The van der Waals surface area contributed by atoms with Gasteiger partial charge in [-0.1, -0.05) is 18.9 Å². The van der Waals surface area contributed by atoms with Crippen LogP contribution in [0, 0.1) is 12.3 Å². The zero-order valence-electron chi connectivity index (χ0n) is 19.0. The molecule has 0 saturated carbocycles. The van der Waals surface area contributed by atoms with Gasteiger partial charge in [0, 0.05) is 55.1 Å². The number of ether oxygens (including phenoxy) is 2. The van der Waals surface area contributed by atoms with Crippen LogP contribution in [0.25, 0.3) is 10.9 Å². The number of terminal acetylenes is 1. The van der Waals surface area contributed by atoms with Crippen molar-refractivity contribution in [3.05, 3.63) is 48.3 Å². The Kier molecular flexibility index (Phi) is 6.94. The van der Waals surface area contributed by atoms with Crippen molar-refractivity contribution < 1.29 is 14.3 Å². The van der Waals surface area contributed by atoms with Crippen molar-refractivity contribution in [3.63, 3.8) is 0 Å². The Labute approximate surface area is 194 Å². The van der Waals surface area contributed by atoms with Crippen LogP contribution >= 0.6 is 0 Å². The molecule has 0 aliphatic carbocycles. The number of hydrogen-bond acceptors (Lipinski definition) is 6. The molecule has 0 spiro atoms. The van der Waals surface area contributed by atoms with Crippen molar-refractivity contribution in [3.8, 4) is 23.8 Å². The highest BCUT2D eigenvalue weighted by molar-refractivity contribution is 5.93. The zero-order chi connectivity index (χ0) is 23.2. The predicted molar refractivity (Wildman–Crippen MR) is 129 cm³/mol. The summed E-state index contributed by atoms with van der Waals surface area (Å²) in [5, 5.41) is 4.15. The number of fused-ring (bicyclic) bond motifs is 1. The van der Waals surface area contributed by atoms with E-state index < -0.39 is 0 Å². The Morgan fingerprint density at radius 1 is 1.21 bits per heavy atom. The largest absolute Gasteiger partial charge is 0.493 e. The van der Waals surface area contributed by atoms with E-state index in [-0.39, 0.29) is 12.0 Å². The maximum atomic E-state index is 12.2. The minimum atomic E-state index is 0.00961. The first-order valence-corrected chi connectivity index (χ1v) is 11.2. The number of piperidine rings is 1. The Bertz CT molecular complexity index is 1180. The number of carbonyl (C=O) groups is 1. The molecule has 3 aromatic rings. The summed E-state index contributed by atoms with van der Waals surface area (Å²) in [6.45, 7) is 3.44. The molecule has 170 valence electrons. The molecule has 1 aromatic heterocycles. The molecule has 1 amide bonds. The molecular weight excluding hydrogens is 416 g/mol. The van der Waals surface area contributed by atoms with E-state index in [1.807, 2.05) is 48.2 Å². The van der Waals surface area contributed by atoms with Gasteiger partial charge in [0.05, 0.1) is 12.6 Å². The number of amides is 1. The molecule has 1 aliphatic rings. The first kappa shape index (κ1) is 22.4. The summed E-state index contributed by atoms with van der Waals surface area (Å²) in [4.78, 5) is 22.9. The number of hydrogen-bond donors (Lipinski definition) is 1. The third-order valence-corrected chi connectivity index (χ3v) is 5.76. The third kappa shape index (κ3) is 5.17. The smallest absolute Gasteiger partial charge is 0.222 e. The van der Waals surface area contributed by atoms with Crippen LogP contribution in [0.5, 0.6) is 11.5 Å². The maximum Gasteiger partial charge on any atom is 0.222 e. The molecule has 1 N–H and O–H groups in total. The van der Waals surface area contributed by atoms with E-state index in [1.165, 1.54) is 6.33 Å². The zero-order valence-corrected chi connectivity index (χ0v) is 19.0. The first-order chi connectivity index (χ1) is 16.1. The van der Waals surface area contributed by atoms with Gasteiger partial charge in [-0.25, -0.2) is 9.97 Å². The van der Waals surface area contributed by atoms with Crippen LogP contribution in [0.4, 0.5) is 11.5 Å². The number of rotatable bonds is 7. The molecule has 0 bridgehead atoms. The van der Waals surface area contributed by atoms with Gasteiger partial charge in [0.2, 0.25) is 5.91 Å². The quantitative estimate of drug-likeness (QED) is 0.540. The highest BCUT2D eigenvalue weighted by Gasteiger charge is 2.24. The van der Waals surface area contributed by atoms with E-state index in [4.69, 9.17) is 15.9 Å². The van der Waals surface area contributed by atoms with Crippen molar-refractivity contribution in [1.82, 2.24) is 14.9 Å². The van der Waals surface area contributed by atoms with E-state index in [0.29, 0.717) is 36.8 Å². The summed E-state index contributed by atoms with van der Waals surface area (Å²) in [6, 6.07) is 11.4. The Hall–Kier alpha value is -3.79. The summed E-state index contributed by atoms with van der Waals surface area (Å²) in [5.74, 6) is 4.77. The van der Waals surface area contributed by atoms with Gasteiger partial charge in [0.1, 0.15) is 18.2 Å². The number of methoxy groups -OCH3 is 1. The highest BCUT2D eigenvalue weighted by Crippen LogP contribution is 2.36. The van der Waals surface area contributed by atoms with Crippen LogP contribution in [-0.2, 0) is 4.79 Å². The van der Waals surface area contributed by atoms with Crippen LogP contribution < -0.4 is 14.8 Å². The molecular formula is C26H28N4O3. The molecule has 0 atom stereocenters. The third-order valence-electron chi connectivity index (χ3n) is 5.76. The standard InChI is InChI=1S/C26H28N4O3/c1-4-7-25(31)30-12-10-20(11-13-30)33-24-15-21-22(16-23(24)32-3)27-17-28-26(21)29-19-9-6-8-18(5-2)14-19/h2,6,8-9,14-17,20H,4,7,10-13H2,1,3H3,(H,27,28,29). The van der Waals surface area contributed by atoms with Gasteiger partial charge in [0.25, 0.3) is 0 Å². The molecule has 1 aliphatic heterocycles. The van der Waals surface area contributed by atoms with Crippen molar-refractivity contribution in [2.24, 2.45) is 0 Å². The highest BCUT2D eigenvalue weighted by atomic mass is 16.5. The van der Waals surface area contributed by atoms with Crippen LogP contribution in [0.1, 0.15) is 38.2 Å². The molecule has 1 fully saturated rings. The lowest BCUT2D eigenvalue weighted by molar-refractivity contribution is -0.133. The lowest BCUT2D eigenvalue weighted by atomic mass is 10.1. The maximum absolute atomic E-state index is 12.2. The fourth-order valence-electron chi connectivity index (χ4n) is 4.01. The van der Waals surface area contributed by atoms with Gasteiger partial charge in [0.15, 0.2) is 11.5 Å². The lowest BCUT2D eigenvalue weighted by Gasteiger charge is -2.32. The molecule has 0 unspecified atom stereocenters. The van der Waals surface area contributed by atoms with Crippen molar-refractivity contribution in [1.29, 1.82) is 0 Å². The lowest BCUT2D eigenvalue weighted by Crippen LogP contribution is -2.41. The Morgan fingerprint density at radius 2 is 2.03 bits per heavy atom. The van der Waals surface area contributed by atoms with E-state index in [1.54, 1.807) is 7.11 Å². The Balaban J connectivity index is 1.56. The average Bonchev–Trinajstić information content (AvgIpc) is 2.84. The SMILES string of the molecule is C#Cc1cccc(Nc2ncnc3cc(OC)c(OC4CCN(C(=O)CCC)CC4)cc23)c1. The van der Waals surface area contributed by atoms with Gasteiger partial charge in [-0.05, 0) is 30.7 Å². The van der Waals surface area contributed by atoms with Crippen molar-refractivity contribution in [2.45, 2.75) is 38.7 Å². The number of nitrogens with zero attached hydrogens (tertiary/aromatic N) is 3. The molecule has 4 rings (SSSR count). The first-order valence-electron chi connectivity index (χ1n) is 11.2. The fourth-order valence-corrected chi connectivity index (χ4v) is 4.01. The molecule has 7 nitrogen and oxygen atoms in total. The summed E-state index contributed by atoms with van der Waals surface area (Å²) < 4.78 is 11.9. The summed E-state index contributed by atoms with van der Waals surface area (Å²) >= 11 is 0. The topological polar surface area (TPSA) is 76.6 Å². The number of anilines is 2. The average molecular weight is 445 g/mol. The number of carbonyl (C=O) groups excluding carboxylic acids is 1. The summed E-state index contributed by atoms with van der Waals surface area (Å²) in [6.07, 6.45) is 10.1. The van der Waals surface area contributed by atoms with Gasteiger partial charge in [-0.3, -0.25) is 4.79 Å². The number of likely N-dealkylation sites (tertiary alicyclic amines) is 1. The second kappa shape index (κ2) is 10.2. The van der Waals surface area contributed by atoms with Gasteiger partial charge in [-0.15, -0.1) is 6.42 Å². The summed E-state index contributed by atoms with van der Waals surface area (Å²) in [7, 11) is 1.62. The second-order valence-electron chi connectivity index (χ2n) is 8.04. The molecule has 0 radical (unpaired) electrons. The second-order valence-corrected chi connectivity index (χ2v) is 8.04. The monoisotopic (exact) mass is 444 g/mol. The molecule has 2 aromatic carbocycles. The van der Waals surface area contributed by atoms with Crippen LogP contribution in [0.15, 0.2) is 42.7 Å². The van der Waals surface area contributed by atoms with Gasteiger partial charge >= 0.3 is 0 Å². The van der Waals surface area contributed by atoms with Gasteiger partial charge in [-0.2, -0.15) is 0 Å². The van der Waals surface area contributed by atoms with E-state index in [0.717, 1.165) is 41.4 Å². The summed E-state index contributed by atoms with van der Waals surface area (Å²) in [5.41, 5.74) is 2.37. The number of aromatic nitrogens is 2. The van der Waals surface area contributed by atoms with E-state index in [2.05, 4.69) is 21.2 Å². The minimum Gasteiger partial charge on any atom is -0.493 e. The molecule has 2 heterocycles.